The molecule has 0 aliphatic heterocycles. The summed E-state index contributed by atoms with van der Waals surface area (Å²) in [7, 11) is -4.58. The molecular formula is C26H24Cl2N3O6S+. The fourth-order valence-electron chi connectivity index (χ4n) is 3.88. The number of carbonyl (C=O) groups is 1. The number of hydrogen-bond acceptors (Lipinski definition) is 6. The number of pyridine rings is 1. The highest BCUT2D eigenvalue weighted by atomic mass is 35.5. The molecule has 38 heavy (non-hydrogen) atoms. The SMILES string of the molecule is CC(C)(C)OC(=O)C[n+]1ccccc1Cn1c(=O)n(S(=O)(=O)c2ccc(Cl)cc2)c(=O)c2ccc(Cl)cc21. The Morgan fingerprint density at radius 2 is 1.63 bits per heavy atom. The second-order valence-electron chi connectivity index (χ2n) is 9.47. The molecule has 0 atom stereocenters. The maximum Gasteiger partial charge on any atom is 0.373 e. The number of hydrogen-bond donors (Lipinski definition) is 0. The molecule has 9 nitrogen and oxygen atoms in total. The van der Waals surface area contributed by atoms with Gasteiger partial charge in [-0.3, -0.25) is 9.36 Å². The van der Waals surface area contributed by atoms with Crippen molar-refractivity contribution in [2.24, 2.45) is 0 Å². The molecule has 4 rings (SSSR count). The molecule has 2 aromatic heterocycles. The first kappa shape index (κ1) is 27.6. The lowest BCUT2D eigenvalue weighted by Gasteiger charge is -2.18. The van der Waals surface area contributed by atoms with E-state index >= 15 is 0 Å². The van der Waals surface area contributed by atoms with E-state index in [1.54, 1.807) is 49.7 Å². The topological polar surface area (TPSA) is 108 Å². The summed E-state index contributed by atoms with van der Waals surface area (Å²) < 4.78 is 35.3. The van der Waals surface area contributed by atoms with Gasteiger partial charge in [0.15, 0.2) is 6.20 Å². The summed E-state index contributed by atoms with van der Waals surface area (Å²) >= 11 is 12.1. The first-order valence-electron chi connectivity index (χ1n) is 11.4. The summed E-state index contributed by atoms with van der Waals surface area (Å²) in [6, 6.07) is 14.4. The Labute approximate surface area is 228 Å². The predicted octanol–water partition coefficient (Wildman–Crippen LogP) is 3.38. The van der Waals surface area contributed by atoms with Crippen LogP contribution in [0.25, 0.3) is 10.9 Å². The summed E-state index contributed by atoms with van der Waals surface area (Å²) in [5.41, 5.74) is -2.17. The highest BCUT2D eigenvalue weighted by Gasteiger charge is 2.27. The van der Waals surface area contributed by atoms with Gasteiger partial charge in [-0.05, 0) is 63.2 Å². The van der Waals surface area contributed by atoms with Crippen molar-refractivity contribution < 1.29 is 22.5 Å². The molecular weight excluding hydrogens is 553 g/mol. The lowest BCUT2D eigenvalue weighted by atomic mass is 10.2. The van der Waals surface area contributed by atoms with Crippen LogP contribution in [-0.2, 0) is 32.6 Å². The van der Waals surface area contributed by atoms with Crippen molar-refractivity contribution in [3.63, 3.8) is 0 Å². The fraction of sp³-hybridized carbons (Fsp3) is 0.231. The first-order valence-corrected chi connectivity index (χ1v) is 13.6. The van der Waals surface area contributed by atoms with Crippen LogP contribution < -0.4 is 15.8 Å². The van der Waals surface area contributed by atoms with E-state index in [1.165, 1.54) is 42.5 Å². The van der Waals surface area contributed by atoms with Crippen LogP contribution in [0.1, 0.15) is 26.5 Å². The largest absolute Gasteiger partial charge is 0.455 e. The van der Waals surface area contributed by atoms with Crippen LogP contribution in [0.5, 0.6) is 0 Å². The first-order chi connectivity index (χ1) is 17.8. The van der Waals surface area contributed by atoms with Crippen molar-refractivity contribution in [2.75, 3.05) is 0 Å². The maximum atomic E-state index is 13.7. The van der Waals surface area contributed by atoms with Gasteiger partial charge in [0, 0.05) is 22.2 Å². The summed E-state index contributed by atoms with van der Waals surface area (Å²) in [5, 5.41) is 0.514. The average molecular weight is 577 g/mol. The Morgan fingerprint density at radius 3 is 2.29 bits per heavy atom. The number of halogens is 2. The van der Waals surface area contributed by atoms with Gasteiger partial charge in [-0.1, -0.05) is 29.3 Å². The number of ether oxygens (including phenoxy) is 1. The quantitative estimate of drug-likeness (QED) is 0.257. The summed E-state index contributed by atoms with van der Waals surface area (Å²) in [5.74, 6) is -0.495. The molecule has 0 bridgehead atoms. The van der Waals surface area contributed by atoms with Crippen molar-refractivity contribution in [2.45, 2.75) is 44.4 Å². The monoisotopic (exact) mass is 576 g/mol. The van der Waals surface area contributed by atoms with Crippen LogP contribution in [-0.4, -0.2) is 28.5 Å². The molecule has 12 heteroatoms. The van der Waals surface area contributed by atoms with Crippen LogP contribution in [0.2, 0.25) is 10.0 Å². The predicted molar refractivity (Wildman–Crippen MR) is 143 cm³/mol. The van der Waals surface area contributed by atoms with E-state index in [0.29, 0.717) is 10.7 Å². The molecule has 0 saturated carbocycles. The number of rotatable bonds is 6. The van der Waals surface area contributed by atoms with Crippen molar-refractivity contribution >= 4 is 50.1 Å². The Hall–Kier alpha value is -3.47. The lowest BCUT2D eigenvalue weighted by Crippen LogP contribution is -2.47. The summed E-state index contributed by atoms with van der Waals surface area (Å²) in [6.45, 7) is 4.93. The fourth-order valence-corrected chi connectivity index (χ4v) is 5.48. The lowest BCUT2D eigenvalue weighted by molar-refractivity contribution is -0.693. The van der Waals surface area contributed by atoms with Gasteiger partial charge in [0.1, 0.15) is 12.1 Å². The molecule has 2 aromatic carbocycles. The van der Waals surface area contributed by atoms with Crippen LogP contribution in [0.3, 0.4) is 0 Å². The van der Waals surface area contributed by atoms with E-state index in [4.69, 9.17) is 27.9 Å². The minimum Gasteiger partial charge on any atom is -0.455 e. The van der Waals surface area contributed by atoms with Gasteiger partial charge in [-0.2, -0.15) is 4.57 Å². The van der Waals surface area contributed by atoms with Crippen LogP contribution in [0, 0.1) is 0 Å². The van der Waals surface area contributed by atoms with Crippen molar-refractivity contribution in [3.8, 4) is 0 Å². The maximum absolute atomic E-state index is 13.7. The molecule has 198 valence electrons. The molecule has 2 heterocycles. The molecule has 0 spiro atoms. The Balaban J connectivity index is 1.91. The van der Waals surface area contributed by atoms with Crippen LogP contribution in [0.4, 0.5) is 0 Å². The molecule has 0 fully saturated rings. The van der Waals surface area contributed by atoms with Gasteiger partial charge in [0.05, 0.1) is 15.8 Å². The van der Waals surface area contributed by atoms with E-state index in [1.807, 2.05) is 0 Å². The zero-order valence-corrected chi connectivity index (χ0v) is 23.0. The number of benzene rings is 2. The molecule has 0 unspecified atom stereocenters. The Kier molecular flexibility index (Phi) is 7.51. The summed E-state index contributed by atoms with van der Waals surface area (Å²) in [6.07, 6.45) is 1.64. The van der Waals surface area contributed by atoms with E-state index in [2.05, 4.69) is 0 Å². The molecule has 0 saturated heterocycles. The summed E-state index contributed by atoms with van der Waals surface area (Å²) in [4.78, 5) is 39.3. The van der Waals surface area contributed by atoms with Crippen LogP contribution in [0.15, 0.2) is 81.3 Å². The van der Waals surface area contributed by atoms with E-state index in [-0.39, 0.29) is 37.9 Å². The third-order valence-electron chi connectivity index (χ3n) is 5.50. The molecule has 0 amide bonds. The van der Waals surface area contributed by atoms with Gasteiger partial charge in [0.2, 0.25) is 12.2 Å². The highest BCUT2D eigenvalue weighted by Crippen LogP contribution is 2.19. The van der Waals surface area contributed by atoms with Gasteiger partial charge < -0.3 is 4.74 Å². The third-order valence-corrected chi connectivity index (χ3v) is 7.65. The second kappa shape index (κ2) is 10.4. The minimum absolute atomic E-state index is 0.0267. The molecule has 0 aliphatic carbocycles. The molecule has 0 N–H and O–H groups in total. The van der Waals surface area contributed by atoms with Crippen LogP contribution >= 0.6 is 23.2 Å². The van der Waals surface area contributed by atoms with Crippen molar-refractivity contribution in [1.29, 1.82) is 0 Å². The standard InChI is InChI=1S/C26H24Cl2N3O6S/c1-26(2,3)37-23(32)16-29-13-5-4-6-19(29)15-30-22-14-18(28)9-12-21(22)24(33)31(25(30)34)38(35,36)20-10-7-17(27)8-11-20/h4-14H,15-16H2,1-3H3/q+1. The molecule has 4 aromatic rings. The molecule has 0 radical (unpaired) electrons. The van der Waals surface area contributed by atoms with Gasteiger partial charge in [0.25, 0.3) is 15.6 Å². The van der Waals surface area contributed by atoms with Crippen molar-refractivity contribution in [3.05, 3.63) is 103 Å². The zero-order chi connectivity index (χ0) is 27.8. The Bertz CT molecular complexity index is 1770. The van der Waals surface area contributed by atoms with E-state index in [9.17, 15) is 22.8 Å². The van der Waals surface area contributed by atoms with Crippen molar-refractivity contribution in [1.82, 2.24) is 8.54 Å². The zero-order valence-electron chi connectivity index (χ0n) is 20.7. The van der Waals surface area contributed by atoms with Gasteiger partial charge >= 0.3 is 11.7 Å². The number of aromatic nitrogens is 3. The Morgan fingerprint density at radius 1 is 0.974 bits per heavy atom. The molecule has 0 aliphatic rings. The normalized spacial score (nSPS) is 12.0. The number of fused-ring (bicyclic) bond motifs is 1. The number of carbonyl (C=O) groups excluding carboxylic acids is 1. The average Bonchev–Trinajstić information content (AvgIpc) is 2.81. The van der Waals surface area contributed by atoms with E-state index < -0.39 is 32.8 Å². The number of nitrogens with zero attached hydrogens (tertiary/aromatic N) is 3. The second-order valence-corrected chi connectivity index (χ2v) is 12.1. The highest BCUT2D eigenvalue weighted by molar-refractivity contribution is 7.90. The van der Waals surface area contributed by atoms with Gasteiger partial charge in [-0.25, -0.2) is 18.0 Å². The number of esters is 1. The minimum atomic E-state index is -4.58. The smallest absolute Gasteiger partial charge is 0.373 e. The van der Waals surface area contributed by atoms with E-state index in [0.717, 1.165) is 4.57 Å². The van der Waals surface area contributed by atoms with Gasteiger partial charge in [-0.15, -0.1) is 3.97 Å². The third kappa shape index (κ3) is 5.67.